The molecule has 0 atom stereocenters. The quantitative estimate of drug-likeness (QED) is 0.823. The molecule has 0 unspecified atom stereocenters. The van der Waals surface area contributed by atoms with E-state index in [-0.39, 0.29) is 38.4 Å². The summed E-state index contributed by atoms with van der Waals surface area (Å²) in [6.45, 7) is 0.604. The van der Waals surface area contributed by atoms with E-state index in [0.29, 0.717) is 5.15 Å². The summed E-state index contributed by atoms with van der Waals surface area (Å²) >= 11 is 5.69. The molecule has 1 saturated heterocycles. The van der Waals surface area contributed by atoms with Crippen molar-refractivity contribution in [1.29, 1.82) is 5.26 Å². The van der Waals surface area contributed by atoms with Gasteiger partial charge in [0.05, 0.1) is 6.07 Å². The molecule has 116 valence electrons. The van der Waals surface area contributed by atoms with Gasteiger partial charge >= 0.3 is 6.09 Å². The monoisotopic (exact) mass is 322 g/mol. The summed E-state index contributed by atoms with van der Waals surface area (Å²) in [5.41, 5.74) is -0.403. The minimum absolute atomic E-state index is 0.179. The molecule has 0 aliphatic carbocycles. The Morgan fingerprint density at radius 3 is 2.64 bits per heavy atom. The zero-order chi connectivity index (χ0) is 16.2. The van der Waals surface area contributed by atoms with Crippen molar-refractivity contribution in [3.8, 4) is 6.07 Å². The van der Waals surface area contributed by atoms with Crippen LogP contribution in [0.1, 0.15) is 18.4 Å². The van der Waals surface area contributed by atoms with Crippen LogP contribution in [0.15, 0.2) is 18.3 Å². The van der Waals surface area contributed by atoms with E-state index in [0.717, 1.165) is 5.56 Å². The second-order valence-electron chi connectivity index (χ2n) is 5.14. The van der Waals surface area contributed by atoms with E-state index in [1.807, 2.05) is 0 Å². The average molecular weight is 323 g/mol. The van der Waals surface area contributed by atoms with E-state index in [1.165, 1.54) is 4.90 Å². The number of likely N-dealkylation sites (tertiary alicyclic amines) is 1. The summed E-state index contributed by atoms with van der Waals surface area (Å²) in [4.78, 5) is 28.3. The van der Waals surface area contributed by atoms with Gasteiger partial charge in [0.2, 0.25) is 5.91 Å². The third-order valence-corrected chi connectivity index (χ3v) is 4.00. The normalized spacial score (nSPS) is 16.6. The highest BCUT2D eigenvalue weighted by Gasteiger charge is 2.42. The number of piperidine rings is 1. The number of halogens is 1. The first-order valence-electron chi connectivity index (χ1n) is 6.75. The van der Waals surface area contributed by atoms with Crippen LogP contribution in [0.2, 0.25) is 5.15 Å². The molecule has 7 nitrogen and oxygen atoms in total. The Morgan fingerprint density at radius 2 is 2.14 bits per heavy atom. The molecule has 1 fully saturated rings. The number of carboxylic acid groups (broad SMARTS) is 1. The number of amides is 2. The maximum absolute atomic E-state index is 12.3. The van der Waals surface area contributed by atoms with Crippen molar-refractivity contribution < 1.29 is 14.7 Å². The summed E-state index contributed by atoms with van der Waals surface area (Å²) in [6, 6.07) is 5.41. The van der Waals surface area contributed by atoms with Crippen molar-refractivity contribution in [2.24, 2.45) is 5.41 Å². The number of nitriles is 1. The fraction of sp³-hybridized carbons (Fsp3) is 0.429. The fourth-order valence-electron chi connectivity index (χ4n) is 2.33. The molecule has 0 aromatic carbocycles. The third-order valence-electron chi connectivity index (χ3n) is 3.78. The van der Waals surface area contributed by atoms with E-state index in [1.54, 1.807) is 18.3 Å². The predicted octanol–water partition coefficient (Wildman–Crippen LogP) is 1.63. The molecule has 0 radical (unpaired) electrons. The Morgan fingerprint density at radius 1 is 1.45 bits per heavy atom. The van der Waals surface area contributed by atoms with E-state index < -0.39 is 11.5 Å². The van der Waals surface area contributed by atoms with Gasteiger partial charge in [-0.15, -0.1) is 0 Å². The zero-order valence-electron chi connectivity index (χ0n) is 11.8. The Bertz CT molecular complexity index is 604. The molecular weight excluding hydrogens is 308 g/mol. The molecule has 22 heavy (non-hydrogen) atoms. The smallest absolute Gasteiger partial charge is 0.407 e. The predicted molar refractivity (Wildman–Crippen MR) is 78.0 cm³/mol. The Hall–Kier alpha value is -2.33. The Kier molecular flexibility index (Phi) is 4.83. The number of carbonyl (C=O) groups is 2. The van der Waals surface area contributed by atoms with Crippen molar-refractivity contribution >= 4 is 23.6 Å². The molecule has 2 amide bonds. The molecule has 8 heteroatoms. The number of hydrogen-bond acceptors (Lipinski definition) is 4. The molecule has 1 aromatic heterocycles. The number of hydrogen-bond donors (Lipinski definition) is 2. The average Bonchev–Trinajstić information content (AvgIpc) is 2.54. The van der Waals surface area contributed by atoms with Crippen molar-refractivity contribution in [3.63, 3.8) is 0 Å². The van der Waals surface area contributed by atoms with Crippen LogP contribution >= 0.6 is 11.6 Å². The first-order chi connectivity index (χ1) is 10.5. The molecule has 1 aromatic rings. The number of carbonyl (C=O) groups excluding carboxylic acids is 1. The van der Waals surface area contributed by atoms with Crippen LogP contribution in [0.25, 0.3) is 0 Å². The van der Waals surface area contributed by atoms with Crippen molar-refractivity contribution in [2.45, 2.75) is 19.4 Å². The lowest BCUT2D eigenvalue weighted by Crippen LogP contribution is -2.49. The van der Waals surface area contributed by atoms with Gasteiger partial charge in [-0.25, -0.2) is 9.78 Å². The van der Waals surface area contributed by atoms with Gasteiger partial charge in [0, 0.05) is 25.8 Å². The van der Waals surface area contributed by atoms with E-state index in [4.69, 9.17) is 16.7 Å². The highest BCUT2D eigenvalue weighted by atomic mass is 35.5. The lowest BCUT2D eigenvalue weighted by Gasteiger charge is -2.34. The van der Waals surface area contributed by atoms with Gasteiger partial charge in [-0.05, 0) is 24.5 Å². The van der Waals surface area contributed by atoms with Crippen LogP contribution < -0.4 is 5.32 Å². The van der Waals surface area contributed by atoms with Crippen molar-refractivity contribution in [1.82, 2.24) is 15.2 Å². The van der Waals surface area contributed by atoms with Gasteiger partial charge in [-0.1, -0.05) is 17.7 Å². The summed E-state index contributed by atoms with van der Waals surface area (Å²) in [7, 11) is 0. The van der Waals surface area contributed by atoms with Crippen LogP contribution in [-0.4, -0.2) is 40.1 Å². The Balaban J connectivity index is 1.96. The van der Waals surface area contributed by atoms with E-state index >= 15 is 0 Å². The first kappa shape index (κ1) is 16.0. The first-order valence-corrected chi connectivity index (χ1v) is 7.12. The van der Waals surface area contributed by atoms with Gasteiger partial charge in [0.25, 0.3) is 0 Å². The van der Waals surface area contributed by atoms with E-state index in [9.17, 15) is 14.9 Å². The third kappa shape index (κ3) is 3.46. The van der Waals surface area contributed by atoms with Gasteiger partial charge < -0.3 is 15.3 Å². The highest BCUT2D eigenvalue weighted by Crippen LogP contribution is 2.31. The zero-order valence-corrected chi connectivity index (χ0v) is 12.5. The largest absolute Gasteiger partial charge is 0.465 e. The van der Waals surface area contributed by atoms with Crippen LogP contribution in [0, 0.1) is 16.7 Å². The second kappa shape index (κ2) is 6.62. The number of nitrogens with zero attached hydrogens (tertiary/aromatic N) is 3. The van der Waals surface area contributed by atoms with Crippen LogP contribution in [0.3, 0.4) is 0 Å². The number of rotatable bonds is 3. The standard InChI is InChI=1S/C14H15ClN4O3/c15-11-2-1-10(7-17-11)8-18-12(20)14(9-16)3-5-19(6-4-14)13(21)22/h1-2,7H,3-6,8H2,(H,18,20)(H,21,22). The minimum atomic E-state index is -1.17. The molecule has 2 heterocycles. The summed E-state index contributed by atoms with van der Waals surface area (Å²) in [6.07, 6.45) is 0.912. The van der Waals surface area contributed by atoms with Gasteiger partial charge in [-0.2, -0.15) is 5.26 Å². The summed E-state index contributed by atoms with van der Waals surface area (Å²) in [5.74, 6) is -0.380. The molecule has 0 bridgehead atoms. The summed E-state index contributed by atoms with van der Waals surface area (Å²) in [5, 5.41) is 21.4. The van der Waals surface area contributed by atoms with Gasteiger partial charge in [-0.3, -0.25) is 4.79 Å². The van der Waals surface area contributed by atoms with Crippen molar-refractivity contribution in [2.75, 3.05) is 13.1 Å². The molecule has 0 spiro atoms. The minimum Gasteiger partial charge on any atom is -0.465 e. The van der Waals surface area contributed by atoms with Gasteiger partial charge in [0.1, 0.15) is 10.6 Å². The number of pyridine rings is 1. The molecule has 2 N–H and O–H groups in total. The SMILES string of the molecule is N#CC1(C(=O)NCc2ccc(Cl)nc2)CCN(C(=O)O)CC1. The van der Waals surface area contributed by atoms with Crippen LogP contribution in [0.4, 0.5) is 4.79 Å². The molecule has 0 saturated carbocycles. The number of aromatic nitrogens is 1. The fourth-order valence-corrected chi connectivity index (χ4v) is 2.44. The maximum atomic E-state index is 12.3. The summed E-state index contributed by atoms with van der Waals surface area (Å²) < 4.78 is 0. The highest BCUT2D eigenvalue weighted by molar-refractivity contribution is 6.29. The lowest BCUT2D eigenvalue weighted by atomic mass is 9.79. The molecule has 1 aliphatic rings. The van der Waals surface area contributed by atoms with Gasteiger partial charge in [0.15, 0.2) is 0 Å². The maximum Gasteiger partial charge on any atom is 0.407 e. The second-order valence-corrected chi connectivity index (χ2v) is 5.52. The van der Waals surface area contributed by atoms with Crippen molar-refractivity contribution in [3.05, 3.63) is 29.0 Å². The Labute approximate surface area is 132 Å². The van der Waals surface area contributed by atoms with E-state index in [2.05, 4.69) is 16.4 Å². The van der Waals surface area contributed by atoms with Crippen LogP contribution in [-0.2, 0) is 11.3 Å². The molecular formula is C14H15ClN4O3. The number of nitrogens with one attached hydrogen (secondary N) is 1. The lowest BCUT2D eigenvalue weighted by molar-refractivity contribution is -0.130. The molecule has 1 aliphatic heterocycles. The van der Waals surface area contributed by atoms with Crippen LogP contribution in [0.5, 0.6) is 0 Å². The topological polar surface area (TPSA) is 106 Å². The molecule has 2 rings (SSSR count).